The summed E-state index contributed by atoms with van der Waals surface area (Å²) in [6.07, 6.45) is 5.99. The Bertz CT molecular complexity index is 897. The third-order valence-corrected chi connectivity index (χ3v) is 4.55. The number of amides is 1. The minimum Gasteiger partial charge on any atom is -0.493 e. The number of pyridine rings is 1. The zero-order valence-corrected chi connectivity index (χ0v) is 13.7. The number of benzene rings is 1. The lowest BCUT2D eigenvalue weighted by atomic mass is 9.99. The Kier molecular flexibility index (Phi) is 3.73. The van der Waals surface area contributed by atoms with Gasteiger partial charge in [0.15, 0.2) is 0 Å². The van der Waals surface area contributed by atoms with Gasteiger partial charge >= 0.3 is 0 Å². The number of aromatic nitrogens is 1. The van der Waals surface area contributed by atoms with Crippen LogP contribution in [-0.4, -0.2) is 23.5 Å². The number of hydrogen-bond acceptors (Lipinski definition) is 2. The standard InChI is InChI=1S/C20H20N2O2/c1-14(23)21-10-7-16-18(15-5-3-2-4-6-15)13-22-11-8-19-17(20(16)22)9-12-24-19/h2-6,8,11,13H,7,9-10,12H2,1H3,(H,21,23). The van der Waals surface area contributed by atoms with Crippen molar-refractivity contribution in [3.63, 3.8) is 0 Å². The third kappa shape index (κ3) is 2.54. The van der Waals surface area contributed by atoms with E-state index in [2.05, 4.69) is 46.4 Å². The molecular weight excluding hydrogens is 300 g/mol. The molecule has 4 rings (SSSR count). The van der Waals surface area contributed by atoms with E-state index in [0.29, 0.717) is 6.54 Å². The molecule has 0 bridgehead atoms. The van der Waals surface area contributed by atoms with Crippen LogP contribution in [0.15, 0.2) is 48.8 Å². The molecule has 1 aromatic carbocycles. The lowest BCUT2D eigenvalue weighted by molar-refractivity contribution is -0.118. The maximum atomic E-state index is 11.2. The highest BCUT2D eigenvalue weighted by atomic mass is 16.5. The number of carbonyl (C=O) groups excluding carboxylic acids is 1. The van der Waals surface area contributed by atoms with Gasteiger partial charge in [0, 0.05) is 43.4 Å². The van der Waals surface area contributed by atoms with Crippen LogP contribution in [0.2, 0.25) is 0 Å². The zero-order chi connectivity index (χ0) is 16.5. The molecule has 1 N–H and O–H groups in total. The average molecular weight is 320 g/mol. The van der Waals surface area contributed by atoms with Gasteiger partial charge in [-0.3, -0.25) is 4.79 Å². The van der Waals surface area contributed by atoms with Gasteiger partial charge in [-0.2, -0.15) is 0 Å². The Morgan fingerprint density at radius 1 is 1.25 bits per heavy atom. The zero-order valence-electron chi connectivity index (χ0n) is 13.7. The molecular formula is C20H20N2O2. The first-order valence-corrected chi connectivity index (χ1v) is 8.32. The topological polar surface area (TPSA) is 42.7 Å². The van der Waals surface area contributed by atoms with Gasteiger partial charge in [-0.25, -0.2) is 0 Å². The molecule has 0 spiro atoms. The Morgan fingerprint density at radius 3 is 2.88 bits per heavy atom. The van der Waals surface area contributed by atoms with Crippen LogP contribution in [0.1, 0.15) is 18.1 Å². The molecule has 0 aliphatic carbocycles. The van der Waals surface area contributed by atoms with E-state index in [4.69, 9.17) is 4.74 Å². The summed E-state index contributed by atoms with van der Waals surface area (Å²) in [6.45, 7) is 2.94. The predicted molar refractivity (Wildman–Crippen MR) is 94.4 cm³/mol. The quantitative estimate of drug-likeness (QED) is 0.802. The molecule has 3 heterocycles. The van der Waals surface area contributed by atoms with E-state index in [0.717, 1.165) is 25.2 Å². The highest BCUT2D eigenvalue weighted by Gasteiger charge is 2.21. The number of ether oxygens (including phenoxy) is 1. The van der Waals surface area contributed by atoms with Gasteiger partial charge in [0.1, 0.15) is 5.75 Å². The van der Waals surface area contributed by atoms with Gasteiger partial charge in [-0.1, -0.05) is 30.3 Å². The highest BCUT2D eigenvalue weighted by Crippen LogP contribution is 2.36. The first-order chi connectivity index (χ1) is 11.7. The van der Waals surface area contributed by atoms with Gasteiger partial charge in [0.25, 0.3) is 0 Å². The summed E-state index contributed by atoms with van der Waals surface area (Å²) in [4.78, 5) is 11.2. The summed E-state index contributed by atoms with van der Waals surface area (Å²) < 4.78 is 7.93. The van der Waals surface area contributed by atoms with Crippen molar-refractivity contribution in [1.82, 2.24) is 9.72 Å². The summed E-state index contributed by atoms with van der Waals surface area (Å²) in [6, 6.07) is 12.5. The fourth-order valence-corrected chi connectivity index (χ4v) is 3.51. The molecule has 0 unspecified atom stereocenters. The van der Waals surface area contributed by atoms with E-state index < -0.39 is 0 Å². The van der Waals surface area contributed by atoms with Crippen molar-refractivity contribution in [2.24, 2.45) is 0 Å². The fourth-order valence-electron chi connectivity index (χ4n) is 3.51. The van der Waals surface area contributed by atoms with Crippen molar-refractivity contribution in [3.05, 3.63) is 59.9 Å². The Labute approximate surface area is 141 Å². The third-order valence-electron chi connectivity index (χ3n) is 4.55. The minimum atomic E-state index is 0.00772. The molecule has 1 aliphatic rings. The largest absolute Gasteiger partial charge is 0.493 e. The van der Waals surface area contributed by atoms with Crippen molar-refractivity contribution < 1.29 is 9.53 Å². The van der Waals surface area contributed by atoms with Crippen molar-refractivity contribution in [2.45, 2.75) is 19.8 Å². The van der Waals surface area contributed by atoms with E-state index in [-0.39, 0.29) is 5.91 Å². The second-order valence-corrected chi connectivity index (χ2v) is 6.13. The second-order valence-electron chi connectivity index (χ2n) is 6.13. The first-order valence-electron chi connectivity index (χ1n) is 8.32. The molecule has 0 saturated carbocycles. The summed E-state index contributed by atoms with van der Waals surface area (Å²) in [7, 11) is 0. The normalized spacial score (nSPS) is 12.9. The van der Waals surface area contributed by atoms with Crippen molar-refractivity contribution >= 4 is 11.4 Å². The van der Waals surface area contributed by atoms with Gasteiger partial charge in [-0.15, -0.1) is 0 Å². The predicted octanol–water partition coefficient (Wildman–Crippen LogP) is 3.22. The number of nitrogens with zero attached hydrogens (tertiary/aromatic N) is 1. The van der Waals surface area contributed by atoms with E-state index in [1.165, 1.54) is 27.8 Å². The minimum absolute atomic E-state index is 0.00772. The SMILES string of the molecule is CC(=O)NCCc1c(-c2ccccc2)cn2ccc3c(c12)CCO3. The maximum Gasteiger partial charge on any atom is 0.216 e. The van der Waals surface area contributed by atoms with Crippen LogP contribution in [0, 0.1) is 0 Å². The number of fused-ring (bicyclic) bond motifs is 3. The summed E-state index contributed by atoms with van der Waals surface area (Å²) >= 11 is 0. The van der Waals surface area contributed by atoms with Crippen LogP contribution in [0.4, 0.5) is 0 Å². The van der Waals surface area contributed by atoms with Crippen LogP contribution < -0.4 is 10.1 Å². The average Bonchev–Trinajstić information content (AvgIpc) is 3.19. The first kappa shape index (κ1) is 14.8. The number of carbonyl (C=O) groups is 1. The monoisotopic (exact) mass is 320 g/mol. The molecule has 3 aromatic rings. The molecule has 4 nitrogen and oxygen atoms in total. The lowest BCUT2D eigenvalue weighted by Gasteiger charge is -2.08. The van der Waals surface area contributed by atoms with E-state index >= 15 is 0 Å². The van der Waals surface area contributed by atoms with Crippen molar-refractivity contribution in [2.75, 3.05) is 13.2 Å². The molecule has 0 saturated heterocycles. The number of nitrogens with one attached hydrogen (secondary N) is 1. The maximum absolute atomic E-state index is 11.2. The smallest absolute Gasteiger partial charge is 0.216 e. The van der Waals surface area contributed by atoms with Crippen molar-refractivity contribution in [1.29, 1.82) is 0 Å². The molecule has 0 fully saturated rings. The Morgan fingerprint density at radius 2 is 2.08 bits per heavy atom. The summed E-state index contributed by atoms with van der Waals surface area (Å²) in [5.74, 6) is 0.995. The second kappa shape index (κ2) is 6.04. The molecule has 0 radical (unpaired) electrons. The molecule has 0 atom stereocenters. The van der Waals surface area contributed by atoms with Gasteiger partial charge < -0.3 is 14.5 Å². The van der Waals surface area contributed by atoms with E-state index in [9.17, 15) is 4.79 Å². The lowest BCUT2D eigenvalue weighted by Crippen LogP contribution is -2.22. The molecule has 2 aromatic heterocycles. The summed E-state index contributed by atoms with van der Waals surface area (Å²) in [5.41, 5.74) is 6.21. The van der Waals surface area contributed by atoms with Gasteiger partial charge in [0.2, 0.25) is 5.91 Å². The molecule has 122 valence electrons. The number of rotatable bonds is 4. The molecule has 1 aliphatic heterocycles. The molecule has 4 heteroatoms. The number of hydrogen-bond donors (Lipinski definition) is 1. The summed E-state index contributed by atoms with van der Waals surface area (Å²) in [5, 5.41) is 2.92. The van der Waals surface area contributed by atoms with Gasteiger partial charge in [0.05, 0.1) is 12.1 Å². The van der Waals surface area contributed by atoms with Crippen molar-refractivity contribution in [3.8, 4) is 16.9 Å². The van der Waals surface area contributed by atoms with Crippen LogP contribution in [0.3, 0.4) is 0 Å². The fraction of sp³-hybridized carbons (Fsp3) is 0.250. The highest BCUT2D eigenvalue weighted by molar-refractivity contribution is 5.80. The Hall–Kier alpha value is -2.75. The van der Waals surface area contributed by atoms with Gasteiger partial charge in [-0.05, 0) is 23.6 Å². The van der Waals surface area contributed by atoms with Crippen LogP contribution >= 0.6 is 0 Å². The van der Waals surface area contributed by atoms with Crippen LogP contribution in [0.25, 0.3) is 16.6 Å². The molecule has 24 heavy (non-hydrogen) atoms. The Balaban J connectivity index is 1.86. The van der Waals surface area contributed by atoms with E-state index in [1.54, 1.807) is 6.92 Å². The molecule has 1 amide bonds. The van der Waals surface area contributed by atoms with Crippen LogP contribution in [0.5, 0.6) is 5.75 Å². The van der Waals surface area contributed by atoms with Crippen LogP contribution in [-0.2, 0) is 17.6 Å². The van der Waals surface area contributed by atoms with E-state index in [1.807, 2.05) is 12.1 Å².